The maximum Gasteiger partial charge on any atom is 0.195 e. The number of nitriles is 1. The van der Waals surface area contributed by atoms with Crippen LogP contribution < -0.4 is 0 Å². The second kappa shape index (κ2) is 21.1. The predicted octanol–water partition coefficient (Wildman–Crippen LogP) is 18.9. The van der Waals surface area contributed by atoms with Crippen molar-refractivity contribution in [1.29, 1.82) is 5.26 Å². The average molecular weight is 985 g/mol. The minimum atomic E-state index is -2.27. The van der Waals surface area contributed by atoms with Crippen LogP contribution in [0.15, 0.2) is 267 Å². The zero-order chi connectivity index (χ0) is 54.6. The lowest BCUT2D eigenvalue weighted by molar-refractivity contribution is 1.27. The minimum absolute atomic E-state index is 0.185. The first-order valence-corrected chi connectivity index (χ1v) is 25.3. The van der Waals surface area contributed by atoms with Gasteiger partial charge >= 0.3 is 0 Å². The second-order valence-corrected chi connectivity index (χ2v) is 18.7. The SMILES string of the molecule is [2H]C([2H])([2H])c1ccc(-c2ccc(-c3ccccc3-c3cc(-c4ccccc4-c4ccc(-c5ccccn5)cc4C#N)cc(-c4ccccc4-c4ccc(-c5ccccn5)cc4[N+]#[C-])c3)c(-c3ccc(-c4ccccc4)cc3)c2)nc1. The molecule has 0 unspecified atom stereocenters. The Morgan fingerprint density at radius 3 is 1.32 bits per heavy atom. The van der Waals surface area contributed by atoms with Gasteiger partial charge in [0.25, 0.3) is 0 Å². The summed E-state index contributed by atoms with van der Waals surface area (Å²) < 4.78 is 23.9. The molecule has 0 amide bonds. The predicted molar refractivity (Wildman–Crippen MR) is 315 cm³/mol. The number of aromatic nitrogens is 3. The molecule has 0 spiro atoms. The molecule has 5 nitrogen and oxygen atoms in total. The highest BCUT2D eigenvalue weighted by Gasteiger charge is 2.21. The topological polar surface area (TPSA) is 66.8 Å². The van der Waals surface area contributed by atoms with Gasteiger partial charge in [-0.1, -0.05) is 182 Å². The van der Waals surface area contributed by atoms with Gasteiger partial charge in [-0.3, -0.25) is 15.0 Å². The summed E-state index contributed by atoms with van der Waals surface area (Å²) in [6.07, 6.45) is 4.96. The zero-order valence-electron chi connectivity index (χ0n) is 44.6. The number of pyridine rings is 3. The van der Waals surface area contributed by atoms with E-state index in [0.717, 1.165) is 117 Å². The van der Waals surface area contributed by atoms with Gasteiger partial charge in [0.1, 0.15) is 0 Å². The Morgan fingerprint density at radius 2 is 0.792 bits per heavy atom. The van der Waals surface area contributed by atoms with Crippen LogP contribution in [0.2, 0.25) is 0 Å². The molecule has 360 valence electrons. The highest BCUT2D eigenvalue weighted by molar-refractivity contribution is 5.99. The van der Waals surface area contributed by atoms with Gasteiger partial charge in [0.2, 0.25) is 0 Å². The van der Waals surface area contributed by atoms with Crippen molar-refractivity contribution in [3.8, 4) is 129 Å². The molecule has 0 radical (unpaired) electrons. The van der Waals surface area contributed by atoms with Crippen LogP contribution >= 0.6 is 0 Å². The van der Waals surface area contributed by atoms with E-state index in [2.05, 4.69) is 147 Å². The first kappa shape index (κ1) is 43.9. The van der Waals surface area contributed by atoms with Crippen LogP contribution in [0.5, 0.6) is 0 Å². The first-order valence-electron chi connectivity index (χ1n) is 26.8. The summed E-state index contributed by atoms with van der Waals surface area (Å²) in [5, 5.41) is 10.8. The normalized spacial score (nSPS) is 11.6. The Morgan fingerprint density at radius 1 is 0.351 bits per heavy atom. The Labute approximate surface area is 453 Å². The summed E-state index contributed by atoms with van der Waals surface area (Å²) in [6.45, 7) is 6.17. The smallest absolute Gasteiger partial charge is 0.195 e. The molecule has 0 saturated carbocycles. The molecule has 3 heterocycles. The molecule has 0 bridgehead atoms. The van der Waals surface area contributed by atoms with Crippen LogP contribution in [0.25, 0.3) is 128 Å². The molecule has 3 aromatic heterocycles. The molecule has 5 heteroatoms. The minimum Gasteiger partial charge on any atom is -0.256 e. The van der Waals surface area contributed by atoms with Crippen LogP contribution in [-0.2, 0) is 0 Å². The van der Waals surface area contributed by atoms with Gasteiger partial charge in [-0.2, -0.15) is 5.26 Å². The fourth-order valence-corrected chi connectivity index (χ4v) is 10.3. The lowest BCUT2D eigenvalue weighted by Crippen LogP contribution is -1.94. The van der Waals surface area contributed by atoms with Crippen molar-refractivity contribution in [2.24, 2.45) is 0 Å². The summed E-state index contributed by atoms with van der Waals surface area (Å²) in [6, 6.07) is 86.3. The second-order valence-electron chi connectivity index (χ2n) is 18.7. The molecule has 0 aliphatic heterocycles. The quantitative estimate of drug-likeness (QED) is 0.121. The maximum absolute atomic E-state index is 10.8. The van der Waals surface area contributed by atoms with Crippen LogP contribution in [-0.4, -0.2) is 15.0 Å². The van der Waals surface area contributed by atoms with E-state index < -0.39 is 6.85 Å². The van der Waals surface area contributed by atoms with E-state index in [4.69, 9.17) is 10.7 Å². The summed E-state index contributed by atoms with van der Waals surface area (Å²) in [5.41, 5.74) is 21.3. The third-order valence-corrected chi connectivity index (χ3v) is 14.1. The molecule has 12 rings (SSSR count). The summed E-state index contributed by atoms with van der Waals surface area (Å²) in [4.78, 5) is 17.9. The zero-order valence-corrected chi connectivity index (χ0v) is 41.6. The van der Waals surface area contributed by atoms with Crippen molar-refractivity contribution in [2.45, 2.75) is 6.85 Å². The van der Waals surface area contributed by atoms with E-state index in [0.29, 0.717) is 16.9 Å². The Kier molecular flexibility index (Phi) is 12.0. The molecule has 0 saturated heterocycles. The van der Waals surface area contributed by atoms with Crippen molar-refractivity contribution in [3.05, 3.63) is 290 Å². The summed E-state index contributed by atoms with van der Waals surface area (Å²) in [5.74, 6) is 0. The van der Waals surface area contributed by atoms with Gasteiger partial charge in [-0.25, -0.2) is 4.85 Å². The van der Waals surface area contributed by atoms with Crippen molar-refractivity contribution in [2.75, 3.05) is 0 Å². The molecule has 0 aliphatic carbocycles. The molecule has 12 aromatic rings. The lowest BCUT2D eigenvalue weighted by atomic mass is 9.84. The monoisotopic (exact) mass is 984 g/mol. The molecule has 0 aliphatic rings. The number of hydrogen-bond donors (Lipinski definition) is 0. The molecule has 0 atom stereocenters. The molecule has 0 fully saturated rings. The van der Waals surface area contributed by atoms with Crippen LogP contribution in [0.4, 0.5) is 5.69 Å². The third-order valence-electron chi connectivity index (χ3n) is 14.1. The van der Waals surface area contributed by atoms with Crippen molar-refractivity contribution >= 4 is 5.69 Å². The van der Waals surface area contributed by atoms with Gasteiger partial charge in [0, 0.05) is 39.4 Å². The summed E-state index contributed by atoms with van der Waals surface area (Å²) in [7, 11) is 0. The highest BCUT2D eigenvalue weighted by Crippen LogP contribution is 2.46. The van der Waals surface area contributed by atoms with Crippen LogP contribution in [0, 0.1) is 24.8 Å². The molecule has 77 heavy (non-hydrogen) atoms. The highest BCUT2D eigenvalue weighted by atomic mass is 14.7. The average Bonchev–Trinajstić information content (AvgIpc) is 3.72. The number of benzene rings is 9. The van der Waals surface area contributed by atoms with E-state index in [1.54, 1.807) is 24.5 Å². The summed E-state index contributed by atoms with van der Waals surface area (Å²) >= 11 is 0. The van der Waals surface area contributed by atoms with Crippen molar-refractivity contribution in [1.82, 2.24) is 15.0 Å². The van der Waals surface area contributed by atoms with Gasteiger partial charge < -0.3 is 0 Å². The third kappa shape index (κ3) is 9.61. The van der Waals surface area contributed by atoms with E-state index in [1.165, 1.54) is 6.20 Å². The molecule has 0 N–H and O–H groups in total. The van der Waals surface area contributed by atoms with E-state index >= 15 is 0 Å². The van der Waals surface area contributed by atoms with Crippen LogP contribution in [0.1, 0.15) is 15.2 Å². The largest absolute Gasteiger partial charge is 0.256 e. The fourth-order valence-electron chi connectivity index (χ4n) is 10.3. The Balaban J connectivity index is 1.06. The van der Waals surface area contributed by atoms with Gasteiger partial charge in [-0.15, -0.1) is 0 Å². The Hall–Kier alpha value is -10.6. The van der Waals surface area contributed by atoms with Crippen molar-refractivity contribution < 1.29 is 4.11 Å². The first-order chi connectivity index (χ1) is 39.2. The molecular weight excluding hydrogens is 935 g/mol. The molecule has 9 aromatic carbocycles. The maximum atomic E-state index is 10.8. The van der Waals surface area contributed by atoms with E-state index in [-0.39, 0.29) is 5.56 Å². The lowest BCUT2D eigenvalue weighted by Gasteiger charge is -2.20. The molecular formula is C72H47N5. The Bertz CT molecular complexity index is 4170. The number of nitrogens with zero attached hydrogens (tertiary/aromatic N) is 5. The fraction of sp³-hybridized carbons (Fsp3) is 0.0139. The standard InChI is InChI=1S/C72H47N5/c1-48-26-37-71(77-47-48)53-32-35-66(68(44-53)51-29-27-50(28-30-51)49-16-4-3-5-17-49)64-22-10-7-19-60(64)56-41-55(59-18-6-9-21-63(59)62-34-31-52(40-58(62)46-73)69-24-12-14-38-75-69)42-57(43-56)61-20-8-11-23-65(61)67-36-33-54(45-72(67)74-2)70-25-13-15-39-76-70/h3-45,47H,1H3/i1D3. The van der Waals surface area contributed by atoms with Gasteiger partial charge in [0.15, 0.2) is 5.69 Å². The number of aryl methyl sites for hydroxylation is 1. The van der Waals surface area contributed by atoms with Crippen molar-refractivity contribution in [3.63, 3.8) is 0 Å². The number of rotatable bonds is 11. The van der Waals surface area contributed by atoms with E-state index in [1.807, 2.05) is 115 Å². The van der Waals surface area contributed by atoms with Gasteiger partial charge in [-0.05, 0) is 168 Å². The van der Waals surface area contributed by atoms with E-state index in [9.17, 15) is 5.26 Å². The van der Waals surface area contributed by atoms with Crippen LogP contribution in [0.3, 0.4) is 0 Å². The van der Waals surface area contributed by atoms with Gasteiger partial charge in [0.05, 0.1) is 35.3 Å². The number of hydrogen-bond acceptors (Lipinski definition) is 4.